The van der Waals surface area contributed by atoms with Crippen molar-refractivity contribution in [3.63, 3.8) is 0 Å². The summed E-state index contributed by atoms with van der Waals surface area (Å²) in [5.74, 6) is -0.101. The Morgan fingerprint density at radius 2 is 1.95 bits per heavy atom. The highest BCUT2D eigenvalue weighted by atomic mass is 35.5. The number of halogens is 1. The number of benzene rings is 3. The molecule has 0 spiro atoms. The summed E-state index contributed by atoms with van der Waals surface area (Å²) in [5.41, 5.74) is 2.30. The molecule has 0 aliphatic carbocycles. The zero-order chi connectivity index (χ0) is 27.8. The average Bonchev–Trinajstić information content (AvgIpc) is 3.52. The number of nitrogens with zero attached hydrogens (tertiary/aromatic N) is 3. The summed E-state index contributed by atoms with van der Waals surface area (Å²) in [7, 11) is 5.21. The first kappa shape index (κ1) is 26.5. The Labute approximate surface area is 229 Å². The van der Waals surface area contributed by atoms with Crippen molar-refractivity contribution in [1.29, 1.82) is 0 Å². The number of esters is 1. The van der Waals surface area contributed by atoms with Gasteiger partial charge in [-0.2, -0.15) is 0 Å². The Hall–Kier alpha value is -4.15. The van der Waals surface area contributed by atoms with Gasteiger partial charge in [0.2, 0.25) is 0 Å². The van der Waals surface area contributed by atoms with Crippen molar-refractivity contribution >= 4 is 56.5 Å². The van der Waals surface area contributed by atoms with Crippen LogP contribution in [0.15, 0.2) is 48.5 Å². The summed E-state index contributed by atoms with van der Waals surface area (Å²) in [5, 5.41) is 13.7. The second-order valence-electron chi connectivity index (χ2n) is 9.67. The minimum Gasteiger partial charge on any atom is -0.492 e. The lowest BCUT2D eigenvalue weighted by Crippen LogP contribution is -2.39. The van der Waals surface area contributed by atoms with Crippen LogP contribution < -0.4 is 9.64 Å². The molecule has 0 saturated carbocycles. The third kappa shape index (κ3) is 4.88. The number of fused-ring (bicyclic) bond motifs is 4. The van der Waals surface area contributed by atoms with E-state index in [0.717, 1.165) is 17.4 Å². The lowest BCUT2D eigenvalue weighted by atomic mass is 9.97. The van der Waals surface area contributed by atoms with E-state index in [0.29, 0.717) is 46.5 Å². The first-order valence-electron chi connectivity index (χ1n) is 12.3. The summed E-state index contributed by atoms with van der Waals surface area (Å²) in [6, 6.07) is 12.9. The van der Waals surface area contributed by atoms with Gasteiger partial charge in [0.25, 0.3) is 11.6 Å². The van der Waals surface area contributed by atoms with Crippen molar-refractivity contribution in [3.8, 4) is 5.75 Å². The number of nitrogens with one attached hydrogen (secondary N) is 1. The Morgan fingerprint density at radius 1 is 1.15 bits per heavy atom. The van der Waals surface area contributed by atoms with Gasteiger partial charge in [-0.15, -0.1) is 11.6 Å². The molecule has 0 radical (unpaired) electrons. The van der Waals surface area contributed by atoms with E-state index in [-0.39, 0.29) is 23.0 Å². The maximum atomic E-state index is 13.9. The fourth-order valence-corrected chi connectivity index (χ4v) is 5.24. The molecular formula is C28H27ClN4O6. The molecule has 1 unspecified atom stereocenters. The second kappa shape index (κ2) is 10.5. The molecule has 0 saturated heterocycles. The molecule has 0 fully saturated rings. The summed E-state index contributed by atoms with van der Waals surface area (Å²) in [6.45, 7) is 1.30. The molecule has 1 N–H and O–H groups in total. The number of carbonyl (C=O) groups is 2. The van der Waals surface area contributed by atoms with Gasteiger partial charge in [0.05, 0.1) is 34.7 Å². The van der Waals surface area contributed by atoms with Crippen LogP contribution in [0.5, 0.6) is 5.75 Å². The number of anilines is 1. The van der Waals surface area contributed by atoms with Crippen LogP contribution in [0.4, 0.5) is 11.4 Å². The van der Waals surface area contributed by atoms with Gasteiger partial charge >= 0.3 is 5.97 Å². The lowest BCUT2D eigenvalue weighted by molar-refractivity contribution is -0.383. The quantitative estimate of drug-likeness (QED) is 0.145. The lowest BCUT2D eigenvalue weighted by Gasteiger charge is -2.23. The van der Waals surface area contributed by atoms with Gasteiger partial charge in [-0.3, -0.25) is 14.9 Å². The smallest absolute Gasteiger partial charge is 0.337 e. The van der Waals surface area contributed by atoms with Crippen LogP contribution in [0.3, 0.4) is 0 Å². The largest absolute Gasteiger partial charge is 0.492 e. The zero-order valence-electron chi connectivity index (χ0n) is 21.7. The molecule has 202 valence electrons. The molecule has 4 aromatic rings. The molecule has 1 aliphatic heterocycles. The Kier molecular flexibility index (Phi) is 7.16. The fourth-order valence-electron chi connectivity index (χ4n) is 4.99. The second-order valence-corrected chi connectivity index (χ2v) is 9.98. The van der Waals surface area contributed by atoms with Crippen molar-refractivity contribution < 1.29 is 24.0 Å². The minimum absolute atomic E-state index is 0.122. The summed E-state index contributed by atoms with van der Waals surface area (Å²) < 4.78 is 10.7. The SMILES string of the molecule is COC(=O)c1ccc2c([N+](=O)[O-])cc3c(c2c1)CC(CCl)N3C(=O)c1cc2cc(OCCN(C)C)ccc2[nH]1. The number of aromatic nitrogens is 1. The number of H-pyrrole nitrogens is 1. The van der Waals surface area contributed by atoms with Gasteiger partial charge in [-0.25, -0.2) is 4.79 Å². The molecule has 39 heavy (non-hydrogen) atoms. The van der Waals surface area contributed by atoms with Gasteiger partial charge in [-0.05, 0) is 73.9 Å². The molecule has 0 bridgehead atoms. The van der Waals surface area contributed by atoms with Crippen LogP contribution in [-0.2, 0) is 11.2 Å². The fraction of sp³-hybridized carbons (Fsp3) is 0.286. The first-order chi connectivity index (χ1) is 18.7. The number of nitro groups is 1. The van der Waals surface area contributed by atoms with Crippen molar-refractivity contribution in [1.82, 2.24) is 9.88 Å². The summed E-state index contributed by atoms with van der Waals surface area (Å²) >= 11 is 6.32. The molecule has 3 aromatic carbocycles. The number of amides is 1. The molecule has 11 heteroatoms. The molecule has 1 aromatic heterocycles. The third-order valence-electron chi connectivity index (χ3n) is 6.91. The standard InChI is InChI=1S/C28H27ClN4O6/c1-31(2)8-9-39-19-5-7-23-17(10-19)12-24(30-23)27(34)32-18(15-29)13-22-21-11-16(28(35)38-3)4-6-20(21)26(33(36)37)14-25(22)32/h4-7,10-12,14,18,30H,8-9,13,15H2,1-3H3. The normalized spacial score (nSPS) is 14.7. The molecule has 10 nitrogen and oxygen atoms in total. The Morgan fingerprint density at radius 3 is 2.64 bits per heavy atom. The van der Waals surface area contributed by atoms with E-state index in [1.54, 1.807) is 12.1 Å². The van der Waals surface area contributed by atoms with Gasteiger partial charge in [0.1, 0.15) is 18.1 Å². The zero-order valence-corrected chi connectivity index (χ0v) is 22.4. The van der Waals surface area contributed by atoms with Gasteiger partial charge < -0.3 is 24.3 Å². The number of non-ortho nitro benzene ring substituents is 1. The van der Waals surface area contributed by atoms with Gasteiger partial charge in [0, 0.05) is 29.4 Å². The average molecular weight is 551 g/mol. The highest BCUT2D eigenvalue weighted by Gasteiger charge is 2.38. The molecule has 1 aliphatic rings. The number of rotatable bonds is 8. The van der Waals surface area contributed by atoms with Crippen LogP contribution in [0.2, 0.25) is 0 Å². The highest BCUT2D eigenvalue weighted by molar-refractivity contribution is 6.20. The van der Waals surface area contributed by atoms with Crippen molar-refractivity contribution in [2.75, 3.05) is 45.1 Å². The predicted octanol–water partition coefficient (Wildman–Crippen LogP) is 4.77. The minimum atomic E-state index is -0.555. The highest BCUT2D eigenvalue weighted by Crippen LogP contribution is 2.43. The molecule has 5 rings (SSSR count). The van der Waals surface area contributed by atoms with E-state index >= 15 is 0 Å². The number of hydrogen-bond donors (Lipinski definition) is 1. The monoisotopic (exact) mass is 550 g/mol. The maximum absolute atomic E-state index is 13.9. The van der Waals surface area contributed by atoms with Crippen LogP contribution in [0, 0.1) is 10.1 Å². The predicted molar refractivity (Wildman–Crippen MR) is 149 cm³/mol. The van der Waals surface area contributed by atoms with E-state index in [9.17, 15) is 19.7 Å². The van der Waals surface area contributed by atoms with Crippen LogP contribution in [0.25, 0.3) is 21.7 Å². The van der Waals surface area contributed by atoms with E-state index in [1.807, 2.05) is 37.2 Å². The summed E-state index contributed by atoms with van der Waals surface area (Å²) in [6.07, 6.45) is 0.383. The van der Waals surface area contributed by atoms with E-state index in [1.165, 1.54) is 30.2 Å². The number of nitro benzene ring substituents is 1. The maximum Gasteiger partial charge on any atom is 0.337 e. The van der Waals surface area contributed by atoms with E-state index in [4.69, 9.17) is 21.1 Å². The first-order valence-corrected chi connectivity index (χ1v) is 12.9. The van der Waals surface area contributed by atoms with Crippen LogP contribution in [0.1, 0.15) is 26.4 Å². The van der Waals surface area contributed by atoms with Gasteiger partial charge in [-0.1, -0.05) is 0 Å². The Balaban J connectivity index is 1.56. The Bertz CT molecular complexity index is 1610. The number of alkyl halides is 1. The van der Waals surface area contributed by atoms with Crippen molar-refractivity contribution in [2.24, 2.45) is 0 Å². The number of methoxy groups -OCH3 is 1. The van der Waals surface area contributed by atoms with Crippen LogP contribution in [-0.4, -0.2) is 73.0 Å². The van der Waals surface area contributed by atoms with Crippen LogP contribution >= 0.6 is 11.6 Å². The van der Waals surface area contributed by atoms with E-state index in [2.05, 4.69) is 4.98 Å². The van der Waals surface area contributed by atoms with E-state index < -0.39 is 16.9 Å². The molecular weight excluding hydrogens is 524 g/mol. The topological polar surface area (TPSA) is 118 Å². The number of aromatic amines is 1. The number of carbonyl (C=O) groups excluding carboxylic acids is 2. The number of ether oxygens (including phenoxy) is 2. The van der Waals surface area contributed by atoms with Gasteiger partial charge in [0.15, 0.2) is 0 Å². The molecule has 1 atom stereocenters. The molecule has 2 heterocycles. The number of hydrogen-bond acceptors (Lipinski definition) is 7. The molecule has 1 amide bonds. The van der Waals surface area contributed by atoms with Crippen molar-refractivity contribution in [2.45, 2.75) is 12.5 Å². The number of likely N-dealkylation sites (N-methyl/N-ethyl adjacent to an activating group) is 1. The third-order valence-corrected chi connectivity index (χ3v) is 7.27. The van der Waals surface area contributed by atoms with Crippen molar-refractivity contribution in [3.05, 3.63) is 75.5 Å². The summed E-state index contributed by atoms with van der Waals surface area (Å²) in [4.78, 5) is 44.3.